The van der Waals surface area contributed by atoms with Crippen LogP contribution in [0.1, 0.15) is 18.4 Å². The van der Waals surface area contributed by atoms with E-state index in [9.17, 15) is 8.78 Å². The maximum absolute atomic E-state index is 13.3. The molecule has 3 aromatic heterocycles. The van der Waals surface area contributed by atoms with Crippen LogP contribution in [0, 0.1) is 6.92 Å². The highest BCUT2D eigenvalue weighted by Gasteiger charge is 2.29. The zero-order valence-corrected chi connectivity index (χ0v) is 20.6. The lowest BCUT2D eigenvalue weighted by Crippen LogP contribution is -2.46. The van der Waals surface area contributed by atoms with E-state index in [0.29, 0.717) is 41.2 Å². The topological polar surface area (TPSA) is 85.6 Å². The molecule has 2 unspecified atom stereocenters. The minimum Gasteiger partial charge on any atom is -0.489 e. The summed E-state index contributed by atoms with van der Waals surface area (Å²) in [4.78, 5) is 13.2. The van der Waals surface area contributed by atoms with E-state index >= 15 is 0 Å². The molecule has 10 heteroatoms. The van der Waals surface area contributed by atoms with Gasteiger partial charge in [-0.15, -0.1) is 0 Å². The number of halogens is 2. The minimum atomic E-state index is -2.43. The summed E-state index contributed by atoms with van der Waals surface area (Å²) in [6.07, 6.45) is 5.13. The number of alkyl halides is 2. The van der Waals surface area contributed by atoms with Crippen LogP contribution in [-0.2, 0) is 0 Å². The van der Waals surface area contributed by atoms with E-state index in [1.807, 2.05) is 72.2 Å². The molecule has 0 saturated carbocycles. The summed E-state index contributed by atoms with van der Waals surface area (Å²) in [5.74, 6) is 2.56. The van der Waals surface area contributed by atoms with Crippen molar-refractivity contribution in [3.63, 3.8) is 0 Å². The number of imidazole rings is 1. The number of pyridine rings is 1. The highest BCUT2D eigenvalue weighted by molar-refractivity contribution is 5.95. The summed E-state index contributed by atoms with van der Waals surface area (Å²) in [7, 11) is 0. The van der Waals surface area contributed by atoms with E-state index in [0.717, 1.165) is 22.6 Å². The van der Waals surface area contributed by atoms with Crippen molar-refractivity contribution in [3.8, 4) is 17.2 Å². The number of nitrogens with zero attached hydrogens (tertiary/aromatic N) is 4. The molecular formula is C28H26F2N6O2. The van der Waals surface area contributed by atoms with Gasteiger partial charge in [-0.3, -0.25) is 0 Å². The Labute approximate surface area is 217 Å². The van der Waals surface area contributed by atoms with Gasteiger partial charge in [0.1, 0.15) is 41.1 Å². The fourth-order valence-corrected chi connectivity index (χ4v) is 4.72. The molecule has 2 N–H and O–H groups in total. The summed E-state index contributed by atoms with van der Waals surface area (Å²) in [5.41, 5.74) is 3.25. The Kier molecular flexibility index (Phi) is 6.47. The monoisotopic (exact) mass is 516 g/mol. The molecule has 1 saturated heterocycles. The first-order valence-corrected chi connectivity index (χ1v) is 12.4. The summed E-state index contributed by atoms with van der Waals surface area (Å²) in [6, 6.07) is 14.2. The molecule has 1 fully saturated rings. The average molecular weight is 517 g/mol. The van der Waals surface area contributed by atoms with Crippen LogP contribution in [0.3, 0.4) is 0 Å². The van der Waals surface area contributed by atoms with Gasteiger partial charge in [-0.2, -0.15) is 0 Å². The lowest BCUT2D eigenvalue weighted by atomic mass is 10.0. The zero-order chi connectivity index (χ0) is 26.1. The van der Waals surface area contributed by atoms with Gasteiger partial charge < -0.3 is 24.5 Å². The van der Waals surface area contributed by atoms with Crippen LogP contribution < -0.4 is 20.1 Å². The number of fused-ring (bicyclic) bond motifs is 2. The second kappa shape index (κ2) is 10.2. The van der Waals surface area contributed by atoms with Crippen molar-refractivity contribution < 1.29 is 18.3 Å². The predicted octanol–water partition coefficient (Wildman–Crippen LogP) is 5.89. The third-order valence-electron chi connectivity index (χ3n) is 6.65. The molecule has 2 aromatic carbocycles. The second-order valence-electron chi connectivity index (χ2n) is 9.29. The van der Waals surface area contributed by atoms with Crippen molar-refractivity contribution >= 4 is 28.1 Å². The molecule has 5 aromatic rings. The fourth-order valence-electron chi connectivity index (χ4n) is 4.72. The van der Waals surface area contributed by atoms with Crippen LogP contribution >= 0.6 is 0 Å². The maximum atomic E-state index is 13.3. The molecule has 38 heavy (non-hydrogen) atoms. The van der Waals surface area contributed by atoms with Gasteiger partial charge in [-0.05, 0) is 61.9 Å². The van der Waals surface area contributed by atoms with E-state index in [1.54, 1.807) is 6.20 Å². The van der Waals surface area contributed by atoms with Gasteiger partial charge in [-0.1, -0.05) is 6.07 Å². The number of hydrogen-bond acceptors (Lipinski definition) is 7. The first-order valence-electron chi connectivity index (χ1n) is 12.4. The zero-order valence-electron chi connectivity index (χ0n) is 20.6. The van der Waals surface area contributed by atoms with Crippen molar-refractivity contribution in [1.82, 2.24) is 24.7 Å². The number of rotatable bonds is 7. The Hall–Kier alpha value is -4.31. The minimum absolute atomic E-state index is 0.235. The molecule has 6 rings (SSSR count). The molecule has 2 atom stereocenters. The molecule has 0 radical (unpaired) electrons. The van der Waals surface area contributed by atoms with E-state index in [1.165, 1.54) is 6.33 Å². The molecule has 0 spiro atoms. The van der Waals surface area contributed by atoms with Crippen LogP contribution in [0.25, 0.3) is 16.6 Å². The first kappa shape index (κ1) is 24.1. The number of piperidine rings is 1. The molecule has 0 amide bonds. The SMILES string of the molecule is Cc1cc(Nc2ncnc3cccc(OC4CCNC(C(F)F)C4)c23)ccc1Oc1ccn2ccnc2c1. The van der Waals surface area contributed by atoms with E-state index in [-0.39, 0.29) is 12.5 Å². The maximum Gasteiger partial charge on any atom is 0.253 e. The third-order valence-corrected chi connectivity index (χ3v) is 6.65. The molecule has 194 valence electrons. The Bertz CT molecular complexity index is 1590. The van der Waals surface area contributed by atoms with Crippen molar-refractivity contribution in [1.29, 1.82) is 0 Å². The van der Waals surface area contributed by atoms with E-state index in [2.05, 4.69) is 25.6 Å². The summed E-state index contributed by atoms with van der Waals surface area (Å²) in [5, 5.41) is 6.94. The van der Waals surface area contributed by atoms with Crippen molar-refractivity contribution in [3.05, 3.63) is 79.0 Å². The van der Waals surface area contributed by atoms with Crippen LogP contribution in [0.2, 0.25) is 0 Å². The molecule has 4 heterocycles. The quantitative estimate of drug-likeness (QED) is 0.279. The number of anilines is 2. The van der Waals surface area contributed by atoms with Gasteiger partial charge in [0, 0.05) is 36.8 Å². The molecule has 0 bridgehead atoms. The number of benzene rings is 2. The Morgan fingerprint density at radius 3 is 2.84 bits per heavy atom. The lowest BCUT2D eigenvalue weighted by molar-refractivity contribution is 0.0470. The predicted molar refractivity (Wildman–Crippen MR) is 141 cm³/mol. The first-order chi connectivity index (χ1) is 18.5. The number of nitrogens with one attached hydrogen (secondary N) is 2. The Balaban J connectivity index is 1.24. The van der Waals surface area contributed by atoms with Crippen LogP contribution in [0.4, 0.5) is 20.3 Å². The Morgan fingerprint density at radius 1 is 1.05 bits per heavy atom. The van der Waals surface area contributed by atoms with Crippen LogP contribution in [0.5, 0.6) is 17.2 Å². The summed E-state index contributed by atoms with van der Waals surface area (Å²) >= 11 is 0. The van der Waals surface area contributed by atoms with Gasteiger partial charge in [0.15, 0.2) is 0 Å². The van der Waals surface area contributed by atoms with Gasteiger partial charge >= 0.3 is 0 Å². The van der Waals surface area contributed by atoms with Gasteiger partial charge in [-0.25, -0.2) is 23.7 Å². The van der Waals surface area contributed by atoms with Crippen molar-refractivity contribution in [2.75, 3.05) is 11.9 Å². The number of ether oxygens (including phenoxy) is 2. The van der Waals surface area contributed by atoms with Gasteiger partial charge in [0.2, 0.25) is 0 Å². The molecule has 0 aliphatic carbocycles. The van der Waals surface area contributed by atoms with Crippen LogP contribution in [0.15, 0.2) is 73.4 Å². The normalized spacial score (nSPS) is 17.7. The average Bonchev–Trinajstić information content (AvgIpc) is 3.39. The number of aryl methyl sites for hydroxylation is 1. The fraction of sp³-hybridized carbons (Fsp3) is 0.250. The standard InChI is InChI=1S/C28H26F2N6O2/c1-17-13-18(5-6-23(17)37-20-8-11-36-12-10-32-25(36)15-20)35-28-26-21(33-16-34-28)3-2-4-24(26)38-19-7-9-31-22(14-19)27(29)30/h2-6,8,10-13,15-16,19,22,27,31H,7,9,14H2,1H3,(H,33,34,35). The number of aromatic nitrogens is 4. The smallest absolute Gasteiger partial charge is 0.253 e. The van der Waals surface area contributed by atoms with Gasteiger partial charge in [0.25, 0.3) is 6.43 Å². The molecule has 8 nitrogen and oxygen atoms in total. The molecule has 1 aliphatic rings. The van der Waals surface area contributed by atoms with Crippen LogP contribution in [-0.4, -0.2) is 44.5 Å². The largest absolute Gasteiger partial charge is 0.489 e. The molecule has 1 aliphatic heterocycles. The van der Waals surface area contributed by atoms with Crippen molar-refractivity contribution in [2.45, 2.75) is 38.3 Å². The third kappa shape index (κ3) is 4.95. The highest BCUT2D eigenvalue weighted by atomic mass is 19.3. The lowest BCUT2D eigenvalue weighted by Gasteiger charge is -2.30. The summed E-state index contributed by atoms with van der Waals surface area (Å²) in [6.45, 7) is 2.45. The number of hydrogen-bond donors (Lipinski definition) is 2. The van der Waals surface area contributed by atoms with Crippen molar-refractivity contribution in [2.24, 2.45) is 0 Å². The van der Waals surface area contributed by atoms with Gasteiger partial charge in [0.05, 0.1) is 16.9 Å². The summed E-state index contributed by atoms with van der Waals surface area (Å²) < 4.78 is 40.8. The molecular weight excluding hydrogens is 490 g/mol. The van der Waals surface area contributed by atoms with E-state index in [4.69, 9.17) is 9.47 Å². The van der Waals surface area contributed by atoms with E-state index < -0.39 is 12.5 Å². The Morgan fingerprint density at radius 2 is 1.97 bits per heavy atom. The second-order valence-corrected chi connectivity index (χ2v) is 9.29. The highest BCUT2D eigenvalue weighted by Crippen LogP contribution is 2.35.